The Morgan fingerprint density at radius 2 is 2.08 bits per heavy atom. The van der Waals surface area contributed by atoms with Gasteiger partial charge >= 0.3 is 5.97 Å². The van der Waals surface area contributed by atoms with Crippen molar-refractivity contribution in [3.63, 3.8) is 0 Å². The largest absolute Gasteiger partial charge is 0.489 e. The maximum atomic E-state index is 12.1. The number of fused-ring (bicyclic) bond motifs is 1. The van der Waals surface area contributed by atoms with Gasteiger partial charge in [-0.25, -0.2) is 0 Å². The van der Waals surface area contributed by atoms with Gasteiger partial charge in [0.15, 0.2) is 12.4 Å². The van der Waals surface area contributed by atoms with Gasteiger partial charge in [0.25, 0.3) is 5.91 Å². The van der Waals surface area contributed by atoms with Crippen LogP contribution in [0, 0.1) is 0 Å². The molecule has 1 aromatic heterocycles. The second kappa shape index (κ2) is 7.76. The summed E-state index contributed by atoms with van der Waals surface area (Å²) in [5.41, 5.74) is 0.658. The molecule has 25 heavy (non-hydrogen) atoms. The molecule has 0 unspecified atom stereocenters. The number of carbonyl (C=O) groups is 2. The molecule has 6 nitrogen and oxygen atoms in total. The van der Waals surface area contributed by atoms with Crippen molar-refractivity contribution < 1.29 is 24.2 Å². The molecule has 0 bridgehead atoms. The van der Waals surface area contributed by atoms with E-state index < -0.39 is 5.97 Å². The molecule has 0 spiro atoms. The summed E-state index contributed by atoms with van der Waals surface area (Å²) >= 11 is 8.25. The SMILES string of the molecule is O=C(O)Cc1cc(Br)c(OCCN2C(=O)COc3ccsc32)c(Br)c1. The standard InChI is InChI=1S/C16H13Br2NO5S/c17-10-5-9(7-14(21)22)6-11(18)15(10)23-3-2-19-13(20)8-24-12-1-4-25-16(12)19/h1,4-6H,2-3,7-8H2,(H,21,22). The molecule has 132 valence electrons. The molecule has 0 fully saturated rings. The number of thiophene rings is 1. The van der Waals surface area contributed by atoms with E-state index in [9.17, 15) is 9.59 Å². The van der Waals surface area contributed by atoms with E-state index in [1.54, 1.807) is 17.0 Å². The van der Waals surface area contributed by atoms with Crippen LogP contribution in [0.4, 0.5) is 5.00 Å². The molecular formula is C16H13Br2NO5S. The summed E-state index contributed by atoms with van der Waals surface area (Å²) in [4.78, 5) is 24.5. The highest BCUT2D eigenvalue weighted by atomic mass is 79.9. The topological polar surface area (TPSA) is 76.1 Å². The number of carbonyl (C=O) groups excluding carboxylic acids is 1. The van der Waals surface area contributed by atoms with Crippen molar-refractivity contribution in [3.8, 4) is 11.5 Å². The van der Waals surface area contributed by atoms with Gasteiger partial charge in [0.2, 0.25) is 0 Å². The van der Waals surface area contributed by atoms with Gasteiger partial charge in [-0.2, -0.15) is 0 Å². The van der Waals surface area contributed by atoms with Gasteiger partial charge in [0, 0.05) is 0 Å². The number of carboxylic acid groups (broad SMARTS) is 1. The Hall–Kier alpha value is -1.58. The molecule has 0 radical (unpaired) electrons. The lowest BCUT2D eigenvalue weighted by molar-refractivity contribution is -0.136. The zero-order valence-electron chi connectivity index (χ0n) is 12.8. The Morgan fingerprint density at radius 3 is 2.76 bits per heavy atom. The van der Waals surface area contributed by atoms with Gasteiger partial charge in [-0.1, -0.05) is 0 Å². The van der Waals surface area contributed by atoms with Crippen molar-refractivity contribution in [2.24, 2.45) is 0 Å². The van der Waals surface area contributed by atoms with Gasteiger partial charge in [-0.3, -0.25) is 14.5 Å². The van der Waals surface area contributed by atoms with E-state index in [4.69, 9.17) is 14.6 Å². The number of ether oxygens (including phenoxy) is 2. The summed E-state index contributed by atoms with van der Waals surface area (Å²) in [6.45, 7) is 0.713. The Morgan fingerprint density at radius 1 is 1.36 bits per heavy atom. The highest BCUT2D eigenvalue weighted by Crippen LogP contribution is 2.38. The third-order valence-electron chi connectivity index (χ3n) is 3.48. The highest BCUT2D eigenvalue weighted by molar-refractivity contribution is 9.11. The number of hydrogen-bond donors (Lipinski definition) is 1. The summed E-state index contributed by atoms with van der Waals surface area (Å²) in [7, 11) is 0. The summed E-state index contributed by atoms with van der Waals surface area (Å²) in [5, 5.41) is 11.5. The molecule has 0 aliphatic carbocycles. The number of benzene rings is 1. The Kier molecular flexibility index (Phi) is 5.65. The average molecular weight is 491 g/mol. The third kappa shape index (κ3) is 4.16. The van der Waals surface area contributed by atoms with Gasteiger partial charge in [0.1, 0.15) is 17.4 Å². The fourth-order valence-corrected chi connectivity index (χ4v) is 4.81. The van der Waals surface area contributed by atoms with Crippen LogP contribution in [0.15, 0.2) is 32.5 Å². The van der Waals surface area contributed by atoms with E-state index in [1.807, 2.05) is 11.4 Å². The Bertz CT molecular complexity index is 800. The first-order valence-corrected chi connectivity index (χ1v) is 9.75. The molecule has 9 heteroatoms. The van der Waals surface area contributed by atoms with Crippen LogP contribution in [0.25, 0.3) is 0 Å². The summed E-state index contributed by atoms with van der Waals surface area (Å²) in [6.07, 6.45) is -0.0685. The zero-order valence-corrected chi connectivity index (χ0v) is 16.8. The van der Waals surface area contributed by atoms with Crippen LogP contribution in [0.5, 0.6) is 11.5 Å². The molecular weight excluding hydrogens is 478 g/mol. The number of halogens is 2. The molecule has 1 aliphatic rings. The minimum Gasteiger partial charge on any atom is -0.489 e. The van der Waals surface area contributed by atoms with Gasteiger partial charge < -0.3 is 14.6 Å². The molecule has 0 atom stereocenters. The molecule has 2 aromatic rings. The fraction of sp³-hybridized carbons (Fsp3) is 0.250. The van der Waals surface area contributed by atoms with Crippen LogP contribution in [0.1, 0.15) is 5.56 Å². The van der Waals surface area contributed by atoms with Crippen molar-refractivity contribution in [3.05, 3.63) is 38.1 Å². The zero-order chi connectivity index (χ0) is 18.0. The van der Waals surface area contributed by atoms with Crippen molar-refractivity contribution in [2.45, 2.75) is 6.42 Å². The lowest BCUT2D eigenvalue weighted by Gasteiger charge is -2.26. The van der Waals surface area contributed by atoms with Crippen molar-refractivity contribution >= 4 is 60.1 Å². The van der Waals surface area contributed by atoms with Gasteiger partial charge in [0.05, 0.1) is 21.9 Å². The molecule has 1 amide bonds. The summed E-state index contributed by atoms with van der Waals surface area (Å²) in [5.74, 6) is 0.282. The van der Waals surface area contributed by atoms with Crippen molar-refractivity contribution in [2.75, 3.05) is 24.7 Å². The fourth-order valence-electron chi connectivity index (χ4n) is 2.42. The Labute approximate surface area is 164 Å². The highest BCUT2D eigenvalue weighted by Gasteiger charge is 2.26. The van der Waals surface area contributed by atoms with Gasteiger partial charge in [-0.05, 0) is 61.0 Å². The maximum absolute atomic E-state index is 12.1. The summed E-state index contributed by atoms with van der Waals surface area (Å²) < 4.78 is 12.5. The van der Waals surface area contributed by atoms with Crippen molar-refractivity contribution in [1.29, 1.82) is 0 Å². The number of amides is 1. The van der Waals surface area contributed by atoms with Crippen LogP contribution < -0.4 is 14.4 Å². The monoisotopic (exact) mass is 489 g/mol. The molecule has 1 N–H and O–H groups in total. The molecule has 0 saturated heterocycles. The number of aliphatic carboxylic acids is 1. The second-order valence-electron chi connectivity index (χ2n) is 5.23. The first-order valence-electron chi connectivity index (χ1n) is 7.29. The van der Waals surface area contributed by atoms with E-state index in [0.717, 1.165) is 5.00 Å². The van der Waals surface area contributed by atoms with E-state index in [2.05, 4.69) is 31.9 Å². The van der Waals surface area contributed by atoms with E-state index in [-0.39, 0.29) is 18.9 Å². The van der Waals surface area contributed by atoms with Crippen molar-refractivity contribution in [1.82, 2.24) is 0 Å². The lowest BCUT2D eigenvalue weighted by Crippen LogP contribution is -2.40. The predicted molar refractivity (Wildman–Crippen MR) is 101 cm³/mol. The average Bonchev–Trinajstić information content (AvgIpc) is 2.99. The number of nitrogens with zero attached hydrogens (tertiary/aromatic N) is 1. The van der Waals surface area contributed by atoms with E-state index >= 15 is 0 Å². The minimum absolute atomic E-state index is 0.0288. The van der Waals surface area contributed by atoms with Crippen LogP contribution in [0.3, 0.4) is 0 Å². The molecule has 0 saturated carbocycles. The molecule has 3 rings (SSSR count). The van der Waals surface area contributed by atoms with Crippen LogP contribution in [-0.2, 0) is 16.0 Å². The quantitative estimate of drug-likeness (QED) is 0.668. The first-order chi connectivity index (χ1) is 12.0. The first kappa shape index (κ1) is 18.2. The molecule has 1 aliphatic heterocycles. The smallest absolute Gasteiger partial charge is 0.307 e. The number of anilines is 1. The van der Waals surface area contributed by atoms with Gasteiger partial charge in [-0.15, -0.1) is 11.3 Å². The summed E-state index contributed by atoms with van der Waals surface area (Å²) in [6, 6.07) is 5.27. The Balaban J connectivity index is 1.67. The van der Waals surface area contributed by atoms with Crippen LogP contribution >= 0.6 is 43.2 Å². The van der Waals surface area contributed by atoms with Crippen LogP contribution in [0.2, 0.25) is 0 Å². The van der Waals surface area contributed by atoms with E-state index in [1.165, 1.54) is 11.3 Å². The number of hydrogen-bond acceptors (Lipinski definition) is 5. The predicted octanol–water partition coefficient (Wildman–Crippen LogP) is 3.70. The second-order valence-corrected chi connectivity index (χ2v) is 7.83. The van der Waals surface area contributed by atoms with E-state index in [0.29, 0.717) is 39.2 Å². The maximum Gasteiger partial charge on any atom is 0.307 e. The molecule has 2 heterocycles. The van der Waals surface area contributed by atoms with Crippen LogP contribution in [-0.4, -0.2) is 36.7 Å². The normalized spacial score (nSPS) is 13.4. The minimum atomic E-state index is -0.898. The lowest BCUT2D eigenvalue weighted by atomic mass is 10.1. The molecule has 1 aromatic carbocycles. The number of carboxylic acids is 1. The number of rotatable bonds is 6. The third-order valence-corrected chi connectivity index (χ3v) is 5.58.